The van der Waals surface area contributed by atoms with Gasteiger partial charge in [-0.3, -0.25) is 0 Å². The maximum Gasteiger partial charge on any atom is -0.00368 e. The maximum absolute atomic E-state index is 3.45. The molecule has 1 heterocycles. The number of nitrogens with one attached hydrogen (secondary N) is 2. The summed E-state index contributed by atoms with van der Waals surface area (Å²) in [6.45, 7) is 4.76. The highest BCUT2D eigenvalue weighted by Crippen LogP contribution is 2.03. The molecule has 1 aliphatic rings. The molecule has 1 saturated heterocycles. The van der Waals surface area contributed by atoms with E-state index in [9.17, 15) is 0 Å². The van der Waals surface area contributed by atoms with Gasteiger partial charge in [-0.25, -0.2) is 0 Å². The van der Waals surface area contributed by atoms with Crippen LogP contribution in [0.5, 0.6) is 0 Å². The molecule has 0 unspecified atom stereocenters. The molecule has 12 heavy (non-hydrogen) atoms. The van der Waals surface area contributed by atoms with Crippen molar-refractivity contribution in [2.24, 2.45) is 0 Å². The summed E-state index contributed by atoms with van der Waals surface area (Å²) in [7, 11) is 0. The summed E-state index contributed by atoms with van der Waals surface area (Å²) in [4.78, 5) is 0. The van der Waals surface area contributed by atoms with Gasteiger partial charge in [0.05, 0.1) is 0 Å². The molecule has 3 heteroatoms. The molecule has 0 amide bonds. The van der Waals surface area contributed by atoms with Crippen molar-refractivity contribution in [1.82, 2.24) is 10.6 Å². The van der Waals surface area contributed by atoms with Crippen molar-refractivity contribution in [2.75, 3.05) is 37.7 Å². The van der Waals surface area contributed by atoms with E-state index in [1.807, 2.05) is 0 Å². The Kier molecular flexibility index (Phi) is 6.81. The van der Waals surface area contributed by atoms with Gasteiger partial charge in [0, 0.05) is 0 Å². The number of hydrogen-bond acceptors (Lipinski definition) is 3. The third-order valence-corrected chi connectivity index (χ3v) is 3.15. The van der Waals surface area contributed by atoms with Crippen LogP contribution in [0.25, 0.3) is 0 Å². The van der Waals surface area contributed by atoms with Crippen LogP contribution in [0.4, 0.5) is 0 Å². The fourth-order valence-corrected chi connectivity index (χ4v) is 2.19. The molecule has 0 radical (unpaired) electrons. The molecule has 0 spiro atoms. The number of thioether (sulfide) groups is 1. The minimum atomic E-state index is 1.18. The summed E-state index contributed by atoms with van der Waals surface area (Å²) < 4.78 is 0. The van der Waals surface area contributed by atoms with Gasteiger partial charge in [-0.1, -0.05) is 0 Å². The van der Waals surface area contributed by atoms with Crippen molar-refractivity contribution >= 4 is 11.8 Å². The first-order chi connectivity index (χ1) is 6.00. The summed E-state index contributed by atoms with van der Waals surface area (Å²) in [5.74, 6) is 2.65. The Morgan fingerprint density at radius 3 is 1.75 bits per heavy atom. The van der Waals surface area contributed by atoms with Gasteiger partial charge in [0.25, 0.3) is 0 Å². The first-order valence-electron chi connectivity index (χ1n) is 4.99. The van der Waals surface area contributed by atoms with Crippen LogP contribution in [0.1, 0.15) is 19.3 Å². The van der Waals surface area contributed by atoms with Crippen molar-refractivity contribution in [3.05, 3.63) is 0 Å². The monoisotopic (exact) mass is 188 g/mol. The van der Waals surface area contributed by atoms with Crippen LogP contribution < -0.4 is 10.6 Å². The third kappa shape index (κ3) is 5.86. The maximum atomic E-state index is 3.45. The Morgan fingerprint density at radius 2 is 1.17 bits per heavy atom. The highest BCUT2D eigenvalue weighted by molar-refractivity contribution is 7.99. The topological polar surface area (TPSA) is 24.1 Å². The van der Waals surface area contributed by atoms with Crippen LogP contribution >= 0.6 is 11.8 Å². The number of rotatable bonds is 0. The van der Waals surface area contributed by atoms with E-state index in [2.05, 4.69) is 22.4 Å². The molecule has 0 aliphatic carbocycles. The lowest BCUT2D eigenvalue weighted by molar-refractivity contribution is 0.589. The van der Waals surface area contributed by atoms with Crippen molar-refractivity contribution in [2.45, 2.75) is 19.3 Å². The largest absolute Gasteiger partial charge is 0.317 e. The Balaban J connectivity index is 2.00. The molecule has 0 atom stereocenters. The van der Waals surface area contributed by atoms with E-state index >= 15 is 0 Å². The Bertz CT molecular complexity index is 55.5. The minimum Gasteiger partial charge on any atom is -0.317 e. The van der Waals surface area contributed by atoms with Gasteiger partial charge in [0.15, 0.2) is 0 Å². The van der Waals surface area contributed by atoms with Crippen LogP contribution in [-0.2, 0) is 0 Å². The summed E-state index contributed by atoms with van der Waals surface area (Å²) in [6, 6.07) is 0. The fraction of sp³-hybridized carbons (Fsp3) is 1.00. The van der Waals surface area contributed by atoms with Crippen LogP contribution in [0.3, 0.4) is 0 Å². The van der Waals surface area contributed by atoms with Crippen LogP contribution in [0, 0.1) is 0 Å². The average molecular weight is 188 g/mol. The zero-order chi connectivity index (χ0) is 8.49. The lowest BCUT2D eigenvalue weighted by Crippen LogP contribution is -2.24. The summed E-state index contributed by atoms with van der Waals surface area (Å²) in [6.07, 6.45) is 3.93. The van der Waals surface area contributed by atoms with Gasteiger partial charge >= 0.3 is 0 Å². The second-order valence-electron chi connectivity index (χ2n) is 3.17. The molecule has 0 bridgehead atoms. The van der Waals surface area contributed by atoms with E-state index in [1.165, 1.54) is 56.9 Å². The molecule has 0 aromatic carbocycles. The van der Waals surface area contributed by atoms with E-state index < -0.39 is 0 Å². The van der Waals surface area contributed by atoms with Crippen LogP contribution in [0.2, 0.25) is 0 Å². The van der Waals surface area contributed by atoms with Gasteiger partial charge in [0.1, 0.15) is 0 Å². The Labute approximate surface area is 79.9 Å². The summed E-state index contributed by atoms with van der Waals surface area (Å²) >= 11 is 2.09. The van der Waals surface area contributed by atoms with E-state index in [0.717, 1.165) is 0 Å². The van der Waals surface area contributed by atoms with Gasteiger partial charge in [0.2, 0.25) is 0 Å². The van der Waals surface area contributed by atoms with Gasteiger partial charge in [-0.15, -0.1) is 0 Å². The summed E-state index contributed by atoms with van der Waals surface area (Å²) in [5.41, 5.74) is 0. The Hall–Kier alpha value is 0.270. The predicted octanol–water partition coefficient (Wildman–Crippen LogP) is 1.08. The molecular formula is C9H20N2S. The SMILES string of the molecule is C1CNCCCSCCCNC1. The van der Waals surface area contributed by atoms with Gasteiger partial charge in [-0.2, -0.15) is 11.8 Å². The lowest BCUT2D eigenvalue weighted by atomic mass is 10.4. The lowest BCUT2D eigenvalue weighted by Gasteiger charge is -2.08. The predicted molar refractivity (Wildman–Crippen MR) is 56.9 cm³/mol. The van der Waals surface area contributed by atoms with Crippen molar-refractivity contribution in [1.29, 1.82) is 0 Å². The van der Waals surface area contributed by atoms with Crippen LogP contribution in [0.15, 0.2) is 0 Å². The van der Waals surface area contributed by atoms with Gasteiger partial charge < -0.3 is 10.6 Å². The van der Waals surface area contributed by atoms with Crippen LogP contribution in [-0.4, -0.2) is 37.7 Å². The van der Waals surface area contributed by atoms with Crippen molar-refractivity contribution < 1.29 is 0 Å². The van der Waals surface area contributed by atoms with E-state index in [1.54, 1.807) is 0 Å². The van der Waals surface area contributed by atoms with E-state index in [-0.39, 0.29) is 0 Å². The number of hydrogen-bond donors (Lipinski definition) is 2. The first kappa shape index (κ1) is 10.4. The normalized spacial score (nSPS) is 24.0. The quantitative estimate of drug-likeness (QED) is 0.595. The molecule has 0 saturated carbocycles. The highest BCUT2D eigenvalue weighted by atomic mass is 32.2. The van der Waals surface area contributed by atoms with Gasteiger partial charge in [-0.05, 0) is 56.9 Å². The molecule has 2 N–H and O–H groups in total. The average Bonchev–Trinajstić information content (AvgIpc) is 2.05. The third-order valence-electron chi connectivity index (χ3n) is 1.99. The standard InChI is InChI=1S/C9H20N2S/c1-4-10-6-2-8-12-9-3-7-11-5-1/h10-11H,1-9H2. The molecule has 1 aliphatic heterocycles. The smallest absolute Gasteiger partial charge is 0.00368 e. The molecule has 72 valence electrons. The minimum absolute atomic E-state index is 1.18. The molecule has 1 fully saturated rings. The van der Waals surface area contributed by atoms with E-state index in [4.69, 9.17) is 0 Å². The molecule has 0 aromatic rings. The second-order valence-corrected chi connectivity index (χ2v) is 4.40. The molecule has 1 rings (SSSR count). The Morgan fingerprint density at radius 1 is 0.667 bits per heavy atom. The zero-order valence-corrected chi connectivity index (χ0v) is 8.59. The second kappa shape index (κ2) is 7.90. The van der Waals surface area contributed by atoms with Crippen molar-refractivity contribution in [3.63, 3.8) is 0 Å². The molecule has 2 nitrogen and oxygen atoms in total. The van der Waals surface area contributed by atoms with Crippen molar-refractivity contribution in [3.8, 4) is 0 Å². The molecule has 0 aromatic heterocycles. The first-order valence-corrected chi connectivity index (χ1v) is 6.15. The van der Waals surface area contributed by atoms with E-state index in [0.29, 0.717) is 0 Å². The fourth-order valence-electron chi connectivity index (χ4n) is 1.29. The highest BCUT2D eigenvalue weighted by Gasteiger charge is 1.94. The summed E-state index contributed by atoms with van der Waals surface area (Å²) in [5, 5.41) is 6.90. The zero-order valence-electron chi connectivity index (χ0n) is 7.77. The molecular weight excluding hydrogens is 168 g/mol.